The Bertz CT molecular complexity index is 259. The van der Waals surface area contributed by atoms with Crippen LogP contribution in [-0.2, 0) is 9.53 Å². The lowest BCUT2D eigenvalue weighted by Crippen LogP contribution is -2.44. The van der Waals surface area contributed by atoms with Gasteiger partial charge in [-0.3, -0.25) is 9.69 Å². The average molecular weight is 258 g/mol. The molecule has 2 N–H and O–H groups in total. The van der Waals surface area contributed by atoms with Crippen molar-refractivity contribution in [1.29, 1.82) is 0 Å². The Balaban J connectivity index is 2.27. The van der Waals surface area contributed by atoms with Gasteiger partial charge in [0.2, 0.25) is 5.91 Å². The summed E-state index contributed by atoms with van der Waals surface area (Å²) in [5.74, 6) is 0.367. The number of nitrogens with one attached hydrogen (secondary N) is 1. The van der Waals surface area contributed by atoms with E-state index in [4.69, 9.17) is 4.74 Å². The highest BCUT2D eigenvalue weighted by molar-refractivity contribution is 5.81. The zero-order chi connectivity index (χ0) is 13.5. The van der Waals surface area contributed by atoms with E-state index in [1.165, 1.54) is 0 Å². The predicted molar refractivity (Wildman–Crippen MR) is 70.3 cm³/mol. The van der Waals surface area contributed by atoms with Crippen LogP contribution in [0.2, 0.25) is 0 Å². The van der Waals surface area contributed by atoms with Crippen molar-refractivity contribution in [3.05, 3.63) is 0 Å². The van der Waals surface area contributed by atoms with Crippen molar-refractivity contribution < 1.29 is 14.6 Å². The number of likely N-dealkylation sites (tertiary alicyclic amines) is 1. The van der Waals surface area contributed by atoms with E-state index in [2.05, 4.69) is 10.2 Å². The lowest BCUT2D eigenvalue weighted by molar-refractivity contribution is -0.125. The maximum absolute atomic E-state index is 11.9. The van der Waals surface area contributed by atoms with Gasteiger partial charge in [-0.05, 0) is 39.2 Å². The van der Waals surface area contributed by atoms with Crippen LogP contribution in [0, 0.1) is 5.92 Å². The largest absolute Gasteiger partial charge is 0.393 e. The molecule has 0 aromatic heterocycles. The Labute approximate surface area is 109 Å². The summed E-state index contributed by atoms with van der Waals surface area (Å²) in [7, 11) is 1.66. The van der Waals surface area contributed by atoms with Gasteiger partial charge in [0.25, 0.3) is 0 Å². The molecule has 106 valence electrons. The maximum atomic E-state index is 11.9. The van der Waals surface area contributed by atoms with Gasteiger partial charge >= 0.3 is 0 Å². The van der Waals surface area contributed by atoms with Gasteiger partial charge in [-0.2, -0.15) is 0 Å². The molecule has 5 heteroatoms. The summed E-state index contributed by atoms with van der Waals surface area (Å²) < 4.78 is 4.93. The van der Waals surface area contributed by atoms with E-state index >= 15 is 0 Å². The molecule has 1 amide bonds. The molecule has 3 unspecified atom stereocenters. The number of amides is 1. The molecule has 0 aromatic carbocycles. The van der Waals surface area contributed by atoms with E-state index in [1.807, 2.05) is 13.8 Å². The van der Waals surface area contributed by atoms with Crippen LogP contribution in [0.1, 0.15) is 26.7 Å². The number of aliphatic hydroxyl groups is 1. The highest BCUT2D eigenvalue weighted by Crippen LogP contribution is 2.21. The molecule has 1 heterocycles. The normalized spacial score (nSPS) is 23.9. The topological polar surface area (TPSA) is 61.8 Å². The number of carbonyl (C=O) groups excluding carboxylic acids is 1. The van der Waals surface area contributed by atoms with Crippen molar-refractivity contribution in [1.82, 2.24) is 10.2 Å². The minimum atomic E-state index is -0.285. The summed E-state index contributed by atoms with van der Waals surface area (Å²) in [4.78, 5) is 14.1. The Kier molecular flexibility index (Phi) is 6.60. The second kappa shape index (κ2) is 7.71. The Morgan fingerprint density at radius 3 is 2.83 bits per heavy atom. The third-order valence-corrected chi connectivity index (χ3v) is 3.69. The number of hydrogen-bond donors (Lipinski definition) is 2. The van der Waals surface area contributed by atoms with E-state index in [1.54, 1.807) is 7.11 Å². The van der Waals surface area contributed by atoms with Crippen LogP contribution in [-0.4, -0.2) is 61.4 Å². The van der Waals surface area contributed by atoms with Crippen LogP contribution in [0.15, 0.2) is 0 Å². The molecule has 1 saturated heterocycles. The monoisotopic (exact) mass is 258 g/mol. The zero-order valence-corrected chi connectivity index (χ0v) is 11.7. The summed E-state index contributed by atoms with van der Waals surface area (Å²) >= 11 is 0. The van der Waals surface area contributed by atoms with Gasteiger partial charge in [0.05, 0.1) is 12.1 Å². The minimum absolute atomic E-state index is 0.0670. The zero-order valence-electron chi connectivity index (χ0n) is 11.7. The number of rotatable bonds is 7. The molecule has 1 aliphatic rings. The molecule has 0 spiro atoms. The Hall–Kier alpha value is -0.650. The summed E-state index contributed by atoms with van der Waals surface area (Å²) in [6.45, 7) is 6.78. The second-order valence-electron chi connectivity index (χ2n) is 5.10. The van der Waals surface area contributed by atoms with Crippen molar-refractivity contribution in [2.45, 2.75) is 38.8 Å². The molecule has 0 radical (unpaired) electrons. The summed E-state index contributed by atoms with van der Waals surface area (Å²) in [6.07, 6.45) is 1.52. The smallest absolute Gasteiger partial charge is 0.237 e. The van der Waals surface area contributed by atoms with E-state index in [0.717, 1.165) is 25.9 Å². The number of methoxy groups -OCH3 is 1. The van der Waals surface area contributed by atoms with Crippen LogP contribution >= 0.6 is 0 Å². The minimum Gasteiger partial charge on any atom is -0.393 e. The first-order chi connectivity index (χ1) is 8.56. The number of aliphatic hydroxyl groups excluding tert-OH is 1. The van der Waals surface area contributed by atoms with Crippen molar-refractivity contribution in [2.75, 3.05) is 33.4 Å². The third kappa shape index (κ3) is 4.55. The van der Waals surface area contributed by atoms with Gasteiger partial charge in [-0.25, -0.2) is 0 Å². The number of carbonyl (C=O) groups is 1. The van der Waals surface area contributed by atoms with E-state index in [-0.39, 0.29) is 18.1 Å². The van der Waals surface area contributed by atoms with E-state index in [9.17, 15) is 9.90 Å². The Morgan fingerprint density at radius 2 is 2.28 bits per heavy atom. The molecule has 5 nitrogen and oxygen atoms in total. The molecule has 1 aliphatic heterocycles. The molecule has 1 rings (SSSR count). The van der Waals surface area contributed by atoms with Crippen LogP contribution in [0.25, 0.3) is 0 Å². The standard InChI is InChI=1S/C13H26N2O3/c1-10(13(17)14-6-4-8-18-3)15-7-5-12(9-15)11(2)16/h10-12,16H,4-9H2,1-3H3,(H,14,17). The molecule has 0 bridgehead atoms. The molecular formula is C13H26N2O3. The molecule has 3 atom stereocenters. The highest BCUT2D eigenvalue weighted by Gasteiger charge is 2.31. The fourth-order valence-electron chi connectivity index (χ4n) is 2.30. The van der Waals surface area contributed by atoms with Gasteiger partial charge in [0.1, 0.15) is 0 Å². The predicted octanol–water partition coefficient (Wildman–Crippen LogP) is 0.230. The molecule has 0 aromatic rings. The fourth-order valence-corrected chi connectivity index (χ4v) is 2.30. The van der Waals surface area contributed by atoms with Crippen molar-refractivity contribution >= 4 is 5.91 Å². The first-order valence-electron chi connectivity index (χ1n) is 6.75. The maximum Gasteiger partial charge on any atom is 0.237 e. The fraction of sp³-hybridized carbons (Fsp3) is 0.923. The van der Waals surface area contributed by atoms with E-state index < -0.39 is 0 Å². The Morgan fingerprint density at radius 1 is 1.56 bits per heavy atom. The quantitative estimate of drug-likeness (QED) is 0.642. The van der Waals surface area contributed by atoms with Gasteiger partial charge in [0, 0.05) is 26.8 Å². The average Bonchev–Trinajstić information content (AvgIpc) is 2.83. The summed E-state index contributed by atoms with van der Waals surface area (Å²) in [5, 5.41) is 12.5. The van der Waals surface area contributed by atoms with Crippen LogP contribution in [0.5, 0.6) is 0 Å². The second-order valence-corrected chi connectivity index (χ2v) is 5.10. The van der Waals surface area contributed by atoms with Crippen LogP contribution in [0.4, 0.5) is 0 Å². The van der Waals surface area contributed by atoms with Gasteiger partial charge in [-0.15, -0.1) is 0 Å². The third-order valence-electron chi connectivity index (χ3n) is 3.69. The van der Waals surface area contributed by atoms with E-state index in [0.29, 0.717) is 19.1 Å². The highest BCUT2D eigenvalue weighted by atomic mass is 16.5. The van der Waals surface area contributed by atoms with Crippen LogP contribution in [0.3, 0.4) is 0 Å². The first kappa shape index (κ1) is 15.4. The van der Waals surface area contributed by atoms with Gasteiger partial charge in [-0.1, -0.05) is 0 Å². The lowest BCUT2D eigenvalue weighted by Gasteiger charge is -2.24. The molecule has 0 saturated carbocycles. The molecular weight excluding hydrogens is 232 g/mol. The lowest BCUT2D eigenvalue weighted by atomic mass is 10.0. The van der Waals surface area contributed by atoms with Crippen molar-refractivity contribution in [2.24, 2.45) is 5.92 Å². The molecule has 1 fully saturated rings. The summed E-state index contributed by atoms with van der Waals surface area (Å²) in [6, 6.07) is -0.115. The van der Waals surface area contributed by atoms with Crippen molar-refractivity contribution in [3.8, 4) is 0 Å². The molecule has 0 aliphatic carbocycles. The van der Waals surface area contributed by atoms with Gasteiger partial charge in [0.15, 0.2) is 0 Å². The number of ether oxygens (including phenoxy) is 1. The molecule has 18 heavy (non-hydrogen) atoms. The summed E-state index contributed by atoms with van der Waals surface area (Å²) in [5.41, 5.74) is 0. The first-order valence-corrected chi connectivity index (χ1v) is 6.75. The van der Waals surface area contributed by atoms with Crippen LogP contribution < -0.4 is 5.32 Å². The number of nitrogens with zero attached hydrogens (tertiary/aromatic N) is 1. The number of hydrogen-bond acceptors (Lipinski definition) is 4. The van der Waals surface area contributed by atoms with Gasteiger partial charge < -0.3 is 15.2 Å². The van der Waals surface area contributed by atoms with Crippen molar-refractivity contribution in [3.63, 3.8) is 0 Å². The SMILES string of the molecule is COCCCNC(=O)C(C)N1CCC(C(C)O)C1.